The number of benzene rings is 1. The highest BCUT2D eigenvalue weighted by atomic mass is 19.4. The molecule has 0 saturated carbocycles. The van der Waals surface area contributed by atoms with Crippen LogP contribution in [-0.4, -0.2) is 30.6 Å². The second kappa shape index (κ2) is 6.59. The van der Waals surface area contributed by atoms with Crippen LogP contribution >= 0.6 is 0 Å². The molecule has 2 nitrogen and oxygen atoms in total. The van der Waals surface area contributed by atoms with E-state index in [2.05, 4.69) is 17.1 Å². The predicted molar refractivity (Wildman–Crippen MR) is 73.4 cm³/mol. The standard InChI is InChI=1S/C15H21F3N2/c1-2-19-14-4-3-9-20(11-14)10-12-5-7-13(8-6-12)15(16,17)18/h5-8,14,19H,2-4,9-11H2,1H3. The lowest BCUT2D eigenvalue weighted by molar-refractivity contribution is -0.137. The van der Waals surface area contributed by atoms with E-state index < -0.39 is 11.7 Å². The van der Waals surface area contributed by atoms with Crippen LogP contribution in [0.4, 0.5) is 13.2 Å². The molecular formula is C15H21F3N2. The van der Waals surface area contributed by atoms with Gasteiger partial charge in [0.1, 0.15) is 0 Å². The number of likely N-dealkylation sites (tertiary alicyclic amines) is 1. The Labute approximate surface area is 118 Å². The molecule has 1 aromatic rings. The number of rotatable bonds is 4. The maximum Gasteiger partial charge on any atom is 0.416 e. The van der Waals surface area contributed by atoms with Gasteiger partial charge in [-0.25, -0.2) is 0 Å². The van der Waals surface area contributed by atoms with Crippen molar-refractivity contribution in [2.24, 2.45) is 0 Å². The van der Waals surface area contributed by atoms with Crippen LogP contribution in [0.2, 0.25) is 0 Å². The van der Waals surface area contributed by atoms with Crippen LogP contribution in [0.25, 0.3) is 0 Å². The Kier molecular flexibility index (Phi) is 5.05. The van der Waals surface area contributed by atoms with Gasteiger partial charge >= 0.3 is 6.18 Å². The molecule has 0 radical (unpaired) electrons. The molecule has 1 unspecified atom stereocenters. The zero-order valence-corrected chi connectivity index (χ0v) is 11.7. The molecule has 1 fully saturated rings. The van der Waals surface area contributed by atoms with Crippen LogP contribution < -0.4 is 5.32 Å². The van der Waals surface area contributed by atoms with Crippen molar-refractivity contribution in [3.05, 3.63) is 35.4 Å². The van der Waals surface area contributed by atoms with Crippen molar-refractivity contribution in [2.45, 2.75) is 38.5 Å². The molecule has 1 N–H and O–H groups in total. The fraction of sp³-hybridized carbons (Fsp3) is 0.600. The first kappa shape index (κ1) is 15.3. The van der Waals surface area contributed by atoms with Crippen molar-refractivity contribution in [2.75, 3.05) is 19.6 Å². The zero-order chi connectivity index (χ0) is 14.6. The van der Waals surface area contributed by atoms with Gasteiger partial charge in [0.15, 0.2) is 0 Å². The van der Waals surface area contributed by atoms with Crippen molar-refractivity contribution >= 4 is 0 Å². The van der Waals surface area contributed by atoms with Crippen molar-refractivity contribution < 1.29 is 13.2 Å². The lowest BCUT2D eigenvalue weighted by Gasteiger charge is -2.33. The smallest absolute Gasteiger partial charge is 0.313 e. The van der Waals surface area contributed by atoms with Gasteiger partial charge in [-0.3, -0.25) is 4.90 Å². The molecule has 0 aromatic heterocycles. The minimum Gasteiger partial charge on any atom is -0.313 e. The van der Waals surface area contributed by atoms with E-state index in [9.17, 15) is 13.2 Å². The summed E-state index contributed by atoms with van der Waals surface area (Å²) >= 11 is 0. The number of hydrogen-bond donors (Lipinski definition) is 1. The summed E-state index contributed by atoms with van der Waals surface area (Å²) in [6.07, 6.45) is -1.94. The quantitative estimate of drug-likeness (QED) is 0.914. The molecule has 1 aliphatic heterocycles. The van der Waals surface area contributed by atoms with Crippen LogP contribution in [0.15, 0.2) is 24.3 Å². The first-order valence-electron chi connectivity index (χ1n) is 7.11. The molecule has 0 amide bonds. The lowest BCUT2D eigenvalue weighted by Crippen LogP contribution is -2.45. The van der Waals surface area contributed by atoms with Gasteiger partial charge in [-0.05, 0) is 43.6 Å². The minimum atomic E-state index is -4.25. The number of likely N-dealkylation sites (N-methyl/N-ethyl adjacent to an activating group) is 1. The molecule has 1 atom stereocenters. The molecule has 20 heavy (non-hydrogen) atoms. The summed E-state index contributed by atoms with van der Waals surface area (Å²) < 4.78 is 37.5. The maximum atomic E-state index is 12.5. The van der Waals surface area contributed by atoms with E-state index in [1.54, 1.807) is 12.1 Å². The van der Waals surface area contributed by atoms with Crippen molar-refractivity contribution in [3.63, 3.8) is 0 Å². The van der Waals surface area contributed by atoms with Gasteiger partial charge in [0.25, 0.3) is 0 Å². The topological polar surface area (TPSA) is 15.3 Å². The number of piperidine rings is 1. The van der Waals surface area contributed by atoms with Crippen LogP contribution in [0.5, 0.6) is 0 Å². The van der Waals surface area contributed by atoms with Gasteiger partial charge in [0.2, 0.25) is 0 Å². The van der Waals surface area contributed by atoms with E-state index in [4.69, 9.17) is 0 Å². The summed E-state index contributed by atoms with van der Waals surface area (Å²) in [6, 6.07) is 6.00. The average Bonchev–Trinajstić information content (AvgIpc) is 2.39. The van der Waals surface area contributed by atoms with E-state index in [0.29, 0.717) is 6.04 Å². The van der Waals surface area contributed by atoms with E-state index in [0.717, 1.165) is 38.2 Å². The molecule has 0 spiro atoms. The minimum absolute atomic E-state index is 0.503. The van der Waals surface area contributed by atoms with Gasteiger partial charge in [-0.2, -0.15) is 13.2 Å². The van der Waals surface area contributed by atoms with E-state index in [1.165, 1.54) is 18.6 Å². The fourth-order valence-electron chi connectivity index (χ4n) is 2.71. The molecule has 0 bridgehead atoms. The predicted octanol–water partition coefficient (Wildman–Crippen LogP) is 3.28. The molecule has 0 aliphatic carbocycles. The van der Waals surface area contributed by atoms with E-state index >= 15 is 0 Å². The monoisotopic (exact) mass is 286 g/mol. The molecule has 2 rings (SSSR count). The van der Waals surface area contributed by atoms with Crippen molar-refractivity contribution in [1.82, 2.24) is 10.2 Å². The Bertz CT molecular complexity index is 412. The number of nitrogens with one attached hydrogen (secondary N) is 1. The lowest BCUT2D eigenvalue weighted by atomic mass is 10.0. The molecule has 1 aromatic carbocycles. The third-order valence-corrected chi connectivity index (χ3v) is 3.69. The SMILES string of the molecule is CCNC1CCCN(Cc2ccc(C(F)(F)F)cc2)C1. The van der Waals surface area contributed by atoms with Crippen LogP contribution in [-0.2, 0) is 12.7 Å². The van der Waals surface area contributed by atoms with Gasteiger partial charge in [-0.15, -0.1) is 0 Å². The highest BCUT2D eigenvalue weighted by molar-refractivity contribution is 5.24. The third-order valence-electron chi connectivity index (χ3n) is 3.69. The fourth-order valence-corrected chi connectivity index (χ4v) is 2.71. The number of alkyl halides is 3. The molecule has 5 heteroatoms. The Morgan fingerprint density at radius 2 is 1.95 bits per heavy atom. The number of nitrogens with zero attached hydrogens (tertiary/aromatic N) is 1. The Morgan fingerprint density at radius 1 is 1.25 bits per heavy atom. The van der Waals surface area contributed by atoms with Gasteiger partial charge in [0.05, 0.1) is 5.56 Å². The third kappa shape index (κ3) is 4.21. The van der Waals surface area contributed by atoms with Crippen molar-refractivity contribution in [3.8, 4) is 0 Å². The normalized spacial score (nSPS) is 21.1. The van der Waals surface area contributed by atoms with Crippen LogP contribution in [0.1, 0.15) is 30.9 Å². The second-order valence-corrected chi connectivity index (χ2v) is 5.33. The van der Waals surface area contributed by atoms with Crippen molar-refractivity contribution in [1.29, 1.82) is 0 Å². The summed E-state index contributed by atoms with van der Waals surface area (Å²) in [5.41, 5.74) is 0.362. The van der Waals surface area contributed by atoms with Crippen LogP contribution in [0, 0.1) is 0 Å². The Hall–Kier alpha value is -1.07. The summed E-state index contributed by atoms with van der Waals surface area (Å²) in [4.78, 5) is 2.30. The highest BCUT2D eigenvalue weighted by Gasteiger charge is 2.30. The summed E-state index contributed by atoms with van der Waals surface area (Å²) in [6.45, 7) is 5.76. The highest BCUT2D eigenvalue weighted by Crippen LogP contribution is 2.29. The van der Waals surface area contributed by atoms with E-state index in [-0.39, 0.29) is 0 Å². The molecule has 1 heterocycles. The largest absolute Gasteiger partial charge is 0.416 e. The first-order valence-corrected chi connectivity index (χ1v) is 7.11. The Balaban J connectivity index is 1.93. The number of hydrogen-bond acceptors (Lipinski definition) is 2. The molecular weight excluding hydrogens is 265 g/mol. The number of halogens is 3. The second-order valence-electron chi connectivity index (χ2n) is 5.33. The van der Waals surface area contributed by atoms with Gasteiger partial charge in [-0.1, -0.05) is 19.1 Å². The van der Waals surface area contributed by atoms with Gasteiger partial charge < -0.3 is 5.32 Å². The first-order chi connectivity index (χ1) is 9.49. The Morgan fingerprint density at radius 3 is 2.55 bits per heavy atom. The zero-order valence-electron chi connectivity index (χ0n) is 11.7. The summed E-state index contributed by atoms with van der Waals surface area (Å²) in [5.74, 6) is 0. The molecule has 1 aliphatic rings. The van der Waals surface area contributed by atoms with Crippen LogP contribution in [0.3, 0.4) is 0 Å². The molecule has 1 saturated heterocycles. The van der Waals surface area contributed by atoms with Gasteiger partial charge in [0, 0.05) is 19.1 Å². The summed E-state index contributed by atoms with van der Waals surface area (Å²) in [5, 5.41) is 3.44. The average molecular weight is 286 g/mol. The summed E-state index contributed by atoms with van der Waals surface area (Å²) in [7, 11) is 0. The molecule has 112 valence electrons. The van der Waals surface area contributed by atoms with E-state index in [1.807, 2.05) is 0 Å². The maximum absolute atomic E-state index is 12.5.